The van der Waals surface area contributed by atoms with Crippen LogP contribution >= 0.6 is 0 Å². The van der Waals surface area contributed by atoms with Crippen LogP contribution in [-0.4, -0.2) is 30.2 Å². The van der Waals surface area contributed by atoms with Gasteiger partial charge >= 0.3 is 6.09 Å². The van der Waals surface area contributed by atoms with E-state index in [0.29, 0.717) is 13.0 Å². The van der Waals surface area contributed by atoms with E-state index in [1.165, 1.54) is 5.56 Å². The Hall–Kier alpha value is -2.04. The summed E-state index contributed by atoms with van der Waals surface area (Å²) in [7, 11) is 0. The van der Waals surface area contributed by atoms with Gasteiger partial charge in [-0.3, -0.25) is 4.79 Å². The number of carbonyl (C=O) groups excluding carboxylic acids is 2. The van der Waals surface area contributed by atoms with Crippen LogP contribution < -0.4 is 10.6 Å². The molecule has 1 aliphatic heterocycles. The molecule has 0 spiro atoms. The Morgan fingerprint density at radius 2 is 1.91 bits per heavy atom. The van der Waals surface area contributed by atoms with Gasteiger partial charge in [0, 0.05) is 12.5 Å². The lowest BCUT2D eigenvalue weighted by Gasteiger charge is -2.22. The van der Waals surface area contributed by atoms with Crippen molar-refractivity contribution in [1.29, 1.82) is 0 Å². The lowest BCUT2D eigenvalue weighted by Crippen LogP contribution is -2.47. The molecule has 1 heterocycles. The first-order valence-electron chi connectivity index (χ1n) is 7.67. The first-order valence-corrected chi connectivity index (χ1v) is 7.67. The van der Waals surface area contributed by atoms with Crippen molar-refractivity contribution < 1.29 is 14.3 Å². The predicted molar refractivity (Wildman–Crippen MR) is 84.6 cm³/mol. The van der Waals surface area contributed by atoms with Crippen LogP contribution in [0.15, 0.2) is 30.3 Å². The molecule has 0 unspecified atom stereocenters. The molecule has 120 valence electrons. The van der Waals surface area contributed by atoms with Gasteiger partial charge in [-0.05, 0) is 39.2 Å². The zero-order valence-corrected chi connectivity index (χ0v) is 13.4. The van der Waals surface area contributed by atoms with Crippen LogP contribution in [0.1, 0.15) is 45.1 Å². The first-order chi connectivity index (χ1) is 10.3. The molecule has 0 radical (unpaired) electrons. The quantitative estimate of drug-likeness (QED) is 0.882. The number of benzene rings is 1. The SMILES string of the molecule is CC(C)(C)OC(=O)N[C@@H]1CC[C@@H](c2ccccc2)CNC1=O. The second kappa shape index (κ2) is 6.81. The highest BCUT2D eigenvalue weighted by molar-refractivity contribution is 5.85. The van der Waals surface area contributed by atoms with E-state index in [1.54, 1.807) is 20.8 Å². The third-order valence-corrected chi connectivity index (χ3v) is 3.60. The van der Waals surface area contributed by atoms with Gasteiger partial charge in [0.15, 0.2) is 0 Å². The van der Waals surface area contributed by atoms with Crippen molar-refractivity contribution >= 4 is 12.0 Å². The van der Waals surface area contributed by atoms with E-state index in [4.69, 9.17) is 4.74 Å². The zero-order chi connectivity index (χ0) is 16.2. The van der Waals surface area contributed by atoms with Gasteiger partial charge in [-0.1, -0.05) is 30.3 Å². The molecule has 0 aromatic heterocycles. The maximum absolute atomic E-state index is 12.1. The smallest absolute Gasteiger partial charge is 0.408 e. The van der Waals surface area contributed by atoms with Crippen LogP contribution in [0.5, 0.6) is 0 Å². The third-order valence-electron chi connectivity index (χ3n) is 3.60. The highest BCUT2D eigenvalue weighted by Crippen LogP contribution is 2.23. The molecule has 0 bridgehead atoms. The molecule has 1 aliphatic rings. The minimum Gasteiger partial charge on any atom is -0.444 e. The van der Waals surface area contributed by atoms with Gasteiger partial charge in [0.2, 0.25) is 5.91 Å². The summed E-state index contributed by atoms with van der Waals surface area (Å²) in [6.45, 7) is 5.98. The van der Waals surface area contributed by atoms with Crippen LogP contribution in [0.2, 0.25) is 0 Å². The molecule has 22 heavy (non-hydrogen) atoms. The fourth-order valence-corrected chi connectivity index (χ4v) is 2.55. The van der Waals surface area contributed by atoms with Crippen LogP contribution in [-0.2, 0) is 9.53 Å². The van der Waals surface area contributed by atoms with Gasteiger partial charge in [-0.15, -0.1) is 0 Å². The summed E-state index contributed by atoms with van der Waals surface area (Å²) in [5.41, 5.74) is 0.637. The fourth-order valence-electron chi connectivity index (χ4n) is 2.55. The number of hydrogen-bond donors (Lipinski definition) is 2. The Kier molecular flexibility index (Phi) is 5.06. The fraction of sp³-hybridized carbons (Fsp3) is 0.529. The van der Waals surface area contributed by atoms with Crippen molar-refractivity contribution in [3.05, 3.63) is 35.9 Å². The normalized spacial score (nSPS) is 22.4. The molecular formula is C17H24N2O3. The number of carbonyl (C=O) groups is 2. The second-order valence-corrected chi connectivity index (χ2v) is 6.63. The Morgan fingerprint density at radius 1 is 1.23 bits per heavy atom. The van der Waals surface area contributed by atoms with E-state index in [9.17, 15) is 9.59 Å². The monoisotopic (exact) mass is 304 g/mol. The van der Waals surface area contributed by atoms with Crippen molar-refractivity contribution in [2.75, 3.05) is 6.54 Å². The Bertz CT molecular complexity index is 522. The maximum Gasteiger partial charge on any atom is 0.408 e. The molecule has 2 atom stereocenters. The molecule has 1 aromatic rings. The Labute approximate surface area is 131 Å². The molecule has 5 heteroatoms. The summed E-state index contributed by atoms with van der Waals surface area (Å²) < 4.78 is 5.21. The molecule has 1 fully saturated rings. The highest BCUT2D eigenvalue weighted by Gasteiger charge is 2.28. The molecule has 0 saturated carbocycles. The van der Waals surface area contributed by atoms with E-state index < -0.39 is 17.7 Å². The minimum atomic E-state index is -0.572. The van der Waals surface area contributed by atoms with Crippen LogP contribution in [0.4, 0.5) is 4.79 Å². The molecule has 1 saturated heterocycles. The van der Waals surface area contributed by atoms with Crippen LogP contribution in [0, 0.1) is 0 Å². The predicted octanol–water partition coefficient (Wildman–Crippen LogP) is 2.57. The average Bonchev–Trinajstić information content (AvgIpc) is 2.61. The lowest BCUT2D eigenvalue weighted by atomic mass is 9.94. The van der Waals surface area contributed by atoms with Gasteiger partial charge in [0.05, 0.1) is 0 Å². The van der Waals surface area contributed by atoms with Crippen molar-refractivity contribution in [2.24, 2.45) is 0 Å². The molecule has 2 amide bonds. The Morgan fingerprint density at radius 3 is 2.55 bits per heavy atom. The lowest BCUT2D eigenvalue weighted by molar-refractivity contribution is -0.122. The summed E-state index contributed by atoms with van der Waals surface area (Å²) in [6, 6.07) is 9.57. The maximum atomic E-state index is 12.1. The van der Waals surface area contributed by atoms with Crippen molar-refractivity contribution in [3.63, 3.8) is 0 Å². The van der Waals surface area contributed by atoms with Crippen LogP contribution in [0.25, 0.3) is 0 Å². The average molecular weight is 304 g/mol. The second-order valence-electron chi connectivity index (χ2n) is 6.63. The minimum absolute atomic E-state index is 0.149. The van der Waals surface area contributed by atoms with Crippen molar-refractivity contribution in [3.8, 4) is 0 Å². The summed E-state index contributed by atoms with van der Waals surface area (Å²) in [4.78, 5) is 23.9. The summed E-state index contributed by atoms with van der Waals surface area (Å²) in [6.07, 6.45) is 0.888. The third kappa shape index (κ3) is 4.76. The Balaban J connectivity index is 1.95. The van der Waals surface area contributed by atoms with E-state index in [-0.39, 0.29) is 11.8 Å². The molecule has 1 aromatic carbocycles. The van der Waals surface area contributed by atoms with Gasteiger partial charge in [0.1, 0.15) is 11.6 Å². The number of hydrogen-bond acceptors (Lipinski definition) is 3. The van der Waals surface area contributed by atoms with Gasteiger partial charge in [0.25, 0.3) is 0 Å². The van der Waals surface area contributed by atoms with Crippen molar-refractivity contribution in [2.45, 2.75) is 51.2 Å². The van der Waals surface area contributed by atoms with Crippen LogP contribution in [0.3, 0.4) is 0 Å². The van der Waals surface area contributed by atoms with E-state index in [0.717, 1.165) is 6.42 Å². The standard InChI is InChI=1S/C17H24N2O3/c1-17(2,3)22-16(21)19-14-10-9-13(11-18-15(14)20)12-7-5-4-6-8-12/h4-8,13-14H,9-11H2,1-3H3,(H,18,20)(H,19,21)/t13-,14-/m1/s1. The molecule has 2 rings (SSSR count). The number of rotatable bonds is 2. The molecule has 0 aliphatic carbocycles. The summed E-state index contributed by atoms with van der Waals surface area (Å²) in [5, 5.41) is 5.57. The summed E-state index contributed by atoms with van der Waals surface area (Å²) in [5.74, 6) is 0.125. The van der Waals surface area contributed by atoms with E-state index >= 15 is 0 Å². The highest BCUT2D eigenvalue weighted by atomic mass is 16.6. The zero-order valence-electron chi connectivity index (χ0n) is 13.4. The van der Waals surface area contributed by atoms with Gasteiger partial charge < -0.3 is 15.4 Å². The number of ether oxygens (including phenoxy) is 1. The largest absolute Gasteiger partial charge is 0.444 e. The first kappa shape index (κ1) is 16.3. The molecule has 5 nitrogen and oxygen atoms in total. The van der Waals surface area contributed by atoms with E-state index in [2.05, 4.69) is 22.8 Å². The molecule has 2 N–H and O–H groups in total. The van der Waals surface area contributed by atoms with Crippen molar-refractivity contribution in [1.82, 2.24) is 10.6 Å². The topological polar surface area (TPSA) is 67.4 Å². The number of amides is 2. The number of alkyl carbamates (subject to hydrolysis) is 1. The van der Waals surface area contributed by atoms with E-state index in [1.807, 2.05) is 18.2 Å². The number of nitrogens with one attached hydrogen (secondary N) is 2. The van der Waals surface area contributed by atoms with Gasteiger partial charge in [-0.2, -0.15) is 0 Å². The van der Waals surface area contributed by atoms with Gasteiger partial charge in [-0.25, -0.2) is 4.79 Å². The molecular weight excluding hydrogens is 280 g/mol. The summed E-state index contributed by atoms with van der Waals surface area (Å²) >= 11 is 0.